The van der Waals surface area contributed by atoms with Crippen molar-refractivity contribution in [3.8, 4) is 5.75 Å². The fourth-order valence-corrected chi connectivity index (χ4v) is 1.38. The van der Waals surface area contributed by atoms with Gasteiger partial charge in [0.1, 0.15) is 19.0 Å². The monoisotopic (exact) mass is 237 g/mol. The lowest BCUT2D eigenvalue weighted by atomic mass is 10.2. The predicted molar refractivity (Wildman–Crippen MR) is 66.0 cm³/mol. The van der Waals surface area contributed by atoms with Crippen molar-refractivity contribution < 1.29 is 14.3 Å². The normalized spacial score (nSPS) is 11.9. The standard InChI is InChI=1S/C13H19NO3/c1-3-11(14-13(15)10-16-2)9-17-12-7-5-4-6-8-12/h4-8,11H,3,9-10H2,1-2H3,(H,14,15)/t11-/m1/s1. The average Bonchev–Trinajstić information content (AvgIpc) is 2.36. The highest BCUT2D eigenvalue weighted by atomic mass is 16.5. The molecule has 0 unspecified atom stereocenters. The number of hydrogen-bond donors (Lipinski definition) is 1. The van der Waals surface area contributed by atoms with Crippen LogP contribution in [0.5, 0.6) is 5.75 Å². The van der Waals surface area contributed by atoms with Gasteiger partial charge < -0.3 is 14.8 Å². The molecule has 0 spiro atoms. The number of benzene rings is 1. The number of amides is 1. The molecule has 0 saturated carbocycles. The second-order valence-corrected chi connectivity index (χ2v) is 3.73. The third kappa shape index (κ3) is 5.36. The number of methoxy groups -OCH3 is 1. The highest BCUT2D eigenvalue weighted by Crippen LogP contribution is 2.09. The molecule has 0 aliphatic carbocycles. The van der Waals surface area contributed by atoms with E-state index < -0.39 is 0 Å². The van der Waals surface area contributed by atoms with Crippen LogP contribution in [0.3, 0.4) is 0 Å². The Morgan fingerprint density at radius 3 is 2.65 bits per heavy atom. The summed E-state index contributed by atoms with van der Waals surface area (Å²) in [6.07, 6.45) is 0.822. The van der Waals surface area contributed by atoms with Gasteiger partial charge in [0, 0.05) is 7.11 Å². The van der Waals surface area contributed by atoms with Crippen LogP contribution in [-0.4, -0.2) is 32.3 Å². The van der Waals surface area contributed by atoms with E-state index in [9.17, 15) is 4.79 Å². The molecule has 1 aromatic carbocycles. The summed E-state index contributed by atoms with van der Waals surface area (Å²) in [5.74, 6) is 0.697. The summed E-state index contributed by atoms with van der Waals surface area (Å²) >= 11 is 0. The number of rotatable bonds is 7. The number of ether oxygens (including phenoxy) is 2. The molecule has 1 atom stereocenters. The Kier molecular flexibility index (Phi) is 6.10. The molecule has 17 heavy (non-hydrogen) atoms. The topological polar surface area (TPSA) is 47.6 Å². The van der Waals surface area contributed by atoms with Crippen molar-refractivity contribution in [2.24, 2.45) is 0 Å². The van der Waals surface area contributed by atoms with Gasteiger partial charge in [-0.2, -0.15) is 0 Å². The highest BCUT2D eigenvalue weighted by molar-refractivity contribution is 5.77. The third-order valence-corrected chi connectivity index (χ3v) is 2.33. The van der Waals surface area contributed by atoms with Crippen molar-refractivity contribution in [3.63, 3.8) is 0 Å². The van der Waals surface area contributed by atoms with E-state index >= 15 is 0 Å². The molecule has 94 valence electrons. The van der Waals surface area contributed by atoms with Gasteiger partial charge in [0.05, 0.1) is 6.04 Å². The number of nitrogens with one attached hydrogen (secondary N) is 1. The van der Waals surface area contributed by atoms with Crippen molar-refractivity contribution in [2.45, 2.75) is 19.4 Å². The molecule has 0 fully saturated rings. The Labute approximate surface area is 102 Å². The first-order valence-electron chi connectivity index (χ1n) is 5.72. The van der Waals surface area contributed by atoms with Gasteiger partial charge >= 0.3 is 0 Å². The van der Waals surface area contributed by atoms with Crippen LogP contribution in [0, 0.1) is 0 Å². The minimum Gasteiger partial charge on any atom is -0.491 e. The molecule has 0 bridgehead atoms. The van der Waals surface area contributed by atoms with Crippen LogP contribution < -0.4 is 10.1 Å². The molecule has 0 aromatic heterocycles. The zero-order chi connectivity index (χ0) is 12.5. The van der Waals surface area contributed by atoms with E-state index in [4.69, 9.17) is 9.47 Å². The first-order valence-corrected chi connectivity index (χ1v) is 5.72. The van der Waals surface area contributed by atoms with Crippen LogP contribution in [0.15, 0.2) is 30.3 Å². The van der Waals surface area contributed by atoms with E-state index in [1.54, 1.807) is 0 Å². The van der Waals surface area contributed by atoms with Crippen LogP contribution in [0.2, 0.25) is 0 Å². The Hall–Kier alpha value is -1.55. The molecule has 0 heterocycles. The van der Waals surface area contributed by atoms with Crippen LogP contribution >= 0.6 is 0 Å². The first kappa shape index (κ1) is 13.5. The molecule has 1 N–H and O–H groups in total. The van der Waals surface area contributed by atoms with Gasteiger partial charge in [0.2, 0.25) is 5.91 Å². The fourth-order valence-electron chi connectivity index (χ4n) is 1.38. The molecule has 0 radical (unpaired) electrons. The molecular formula is C13H19NO3. The molecule has 1 rings (SSSR count). The molecule has 4 nitrogen and oxygen atoms in total. The van der Waals surface area contributed by atoms with E-state index in [0.29, 0.717) is 6.61 Å². The zero-order valence-corrected chi connectivity index (χ0v) is 10.3. The predicted octanol–water partition coefficient (Wildman–Crippen LogP) is 1.61. The Morgan fingerprint density at radius 2 is 2.06 bits per heavy atom. The summed E-state index contributed by atoms with van der Waals surface area (Å²) in [7, 11) is 1.50. The van der Waals surface area contributed by atoms with Crippen molar-refractivity contribution >= 4 is 5.91 Å². The van der Waals surface area contributed by atoms with E-state index in [2.05, 4.69) is 5.32 Å². The molecule has 1 amide bonds. The Balaban J connectivity index is 2.34. The smallest absolute Gasteiger partial charge is 0.246 e. The van der Waals surface area contributed by atoms with E-state index in [1.807, 2.05) is 37.3 Å². The summed E-state index contributed by atoms with van der Waals surface area (Å²) < 4.78 is 10.3. The van der Waals surface area contributed by atoms with E-state index in [1.165, 1.54) is 7.11 Å². The maximum absolute atomic E-state index is 11.3. The largest absolute Gasteiger partial charge is 0.491 e. The lowest BCUT2D eigenvalue weighted by molar-refractivity contribution is -0.125. The Morgan fingerprint density at radius 1 is 1.35 bits per heavy atom. The van der Waals surface area contributed by atoms with Crippen LogP contribution in [0.1, 0.15) is 13.3 Å². The highest BCUT2D eigenvalue weighted by Gasteiger charge is 2.10. The lowest BCUT2D eigenvalue weighted by Gasteiger charge is -2.17. The molecule has 0 aliphatic heterocycles. The van der Waals surface area contributed by atoms with Crippen molar-refractivity contribution in [1.82, 2.24) is 5.32 Å². The maximum atomic E-state index is 11.3. The second kappa shape index (κ2) is 7.68. The minimum absolute atomic E-state index is 0.0119. The molecule has 1 aromatic rings. The number of para-hydroxylation sites is 1. The summed E-state index contributed by atoms with van der Waals surface area (Å²) in [5.41, 5.74) is 0. The fraction of sp³-hybridized carbons (Fsp3) is 0.462. The Bertz CT molecular complexity index is 327. The summed E-state index contributed by atoms with van der Waals surface area (Å²) in [6, 6.07) is 9.56. The van der Waals surface area contributed by atoms with Crippen LogP contribution in [-0.2, 0) is 9.53 Å². The van der Waals surface area contributed by atoms with Gasteiger partial charge in [-0.1, -0.05) is 25.1 Å². The molecule has 4 heteroatoms. The maximum Gasteiger partial charge on any atom is 0.246 e. The van der Waals surface area contributed by atoms with Gasteiger partial charge in [-0.05, 0) is 18.6 Å². The summed E-state index contributed by atoms with van der Waals surface area (Å²) in [5, 5.41) is 2.85. The van der Waals surface area contributed by atoms with Crippen LogP contribution in [0.4, 0.5) is 0 Å². The summed E-state index contributed by atoms with van der Waals surface area (Å²) in [4.78, 5) is 11.3. The van der Waals surface area contributed by atoms with Gasteiger partial charge in [0.15, 0.2) is 0 Å². The van der Waals surface area contributed by atoms with Gasteiger partial charge in [-0.15, -0.1) is 0 Å². The lowest BCUT2D eigenvalue weighted by Crippen LogP contribution is -2.40. The average molecular weight is 237 g/mol. The molecule has 0 saturated heterocycles. The van der Waals surface area contributed by atoms with Crippen molar-refractivity contribution in [3.05, 3.63) is 30.3 Å². The van der Waals surface area contributed by atoms with Crippen molar-refractivity contribution in [2.75, 3.05) is 20.3 Å². The number of hydrogen-bond acceptors (Lipinski definition) is 3. The first-order chi connectivity index (χ1) is 8.26. The van der Waals surface area contributed by atoms with Gasteiger partial charge in [-0.3, -0.25) is 4.79 Å². The minimum atomic E-state index is -0.115. The molecular weight excluding hydrogens is 218 g/mol. The zero-order valence-electron chi connectivity index (χ0n) is 10.3. The van der Waals surface area contributed by atoms with Crippen LogP contribution in [0.25, 0.3) is 0 Å². The SMILES string of the molecule is CC[C@H](COc1ccccc1)NC(=O)COC. The number of carbonyl (C=O) groups excluding carboxylic acids is 1. The van der Waals surface area contributed by atoms with Crippen molar-refractivity contribution in [1.29, 1.82) is 0 Å². The van der Waals surface area contributed by atoms with Gasteiger partial charge in [0.25, 0.3) is 0 Å². The van der Waals surface area contributed by atoms with E-state index in [-0.39, 0.29) is 18.6 Å². The second-order valence-electron chi connectivity index (χ2n) is 3.73. The molecule has 0 aliphatic rings. The quantitative estimate of drug-likeness (QED) is 0.783. The summed E-state index contributed by atoms with van der Waals surface area (Å²) in [6.45, 7) is 2.56. The van der Waals surface area contributed by atoms with Gasteiger partial charge in [-0.25, -0.2) is 0 Å². The third-order valence-electron chi connectivity index (χ3n) is 2.33. The van der Waals surface area contributed by atoms with E-state index in [0.717, 1.165) is 12.2 Å². The number of carbonyl (C=O) groups is 1.